The molecule has 0 radical (unpaired) electrons. The van der Waals surface area contributed by atoms with E-state index >= 15 is 0 Å². The molecule has 132 valence electrons. The van der Waals surface area contributed by atoms with Gasteiger partial charge in [0.15, 0.2) is 0 Å². The quantitative estimate of drug-likeness (QED) is 0.910. The van der Waals surface area contributed by atoms with E-state index in [1.54, 1.807) is 13.2 Å². The lowest BCUT2D eigenvalue weighted by Crippen LogP contribution is -2.35. The van der Waals surface area contributed by atoms with E-state index in [9.17, 15) is 4.79 Å². The van der Waals surface area contributed by atoms with E-state index < -0.39 is 0 Å². The van der Waals surface area contributed by atoms with Gasteiger partial charge in [-0.3, -0.25) is 9.69 Å². The molecule has 1 N–H and O–H groups in total. The highest BCUT2D eigenvalue weighted by atomic mass is 16.5. The predicted molar refractivity (Wildman–Crippen MR) is 100 cm³/mol. The van der Waals surface area contributed by atoms with Crippen LogP contribution < -0.4 is 10.3 Å². The zero-order chi connectivity index (χ0) is 17.6. The topological polar surface area (TPSA) is 58.2 Å². The molecule has 0 amide bonds. The molecule has 25 heavy (non-hydrogen) atoms. The summed E-state index contributed by atoms with van der Waals surface area (Å²) >= 11 is 0. The number of aromatic nitrogens is 2. The van der Waals surface area contributed by atoms with E-state index in [1.807, 2.05) is 19.1 Å². The third-order valence-electron chi connectivity index (χ3n) is 4.59. The van der Waals surface area contributed by atoms with Gasteiger partial charge in [-0.2, -0.15) is 0 Å². The summed E-state index contributed by atoms with van der Waals surface area (Å²) in [7, 11) is 1.68. The fraction of sp³-hybridized carbons (Fsp3) is 0.400. The molecule has 3 rings (SSSR count). The lowest BCUT2D eigenvalue weighted by molar-refractivity contribution is 0.226. The van der Waals surface area contributed by atoms with Crippen LogP contribution in [0.25, 0.3) is 6.08 Å². The number of likely N-dealkylation sites (tertiary alicyclic amines) is 1. The second-order valence-electron chi connectivity index (χ2n) is 6.53. The number of ether oxygens (including phenoxy) is 1. The van der Waals surface area contributed by atoms with Crippen molar-refractivity contribution in [3.8, 4) is 5.75 Å². The fourth-order valence-corrected chi connectivity index (χ4v) is 3.33. The highest BCUT2D eigenvalue weighted by molar-refractivity contribution is 5.50. The van der Waals surface area contributed by atoms with Crippen molar-refractivity contribution in [2.24, 2.45) is 0 Å². The van der Waals surface area contributed by atoms with Gasteiger partial charge in [-0.25, -0.2) is 4.98 Å². The molecule has 2 aromatic rings. The summed E-state index contributed by atoms with van der Waals surface area (Å²) in [6.45, 7) is 4.78. The number of nitrogens with one attached hydrogen (secondary N) is 1. The highest BCUT2D eigenvalue weighted by Gasteiger charge is 2.22. The van der Waals surface area contributed by atoms with Crippen LogP contribution in [0.1, 0.15) is 35.8 Å². The average molecular weight is 339 g/mol. The molecular formula is C20H25N3O2. The Hall–Kier alpha value is -2.40. The van der Waals surface area contributed by atoms with Gasteiger partial charge >= 0.3 is 0 Å². The first kappa shape index (κ1) is 17.4. The van der Waals surface area contributed by atoms with Crippen molar-refractivity contribution in [2.75, 3.05) is 26.7 Å². The van der Waals surface area contributed by atoms with Gasteiger partial charge in [0, 0.05) is 25.1 Å². The molecule has 0 bridgehead atoms. The fourth-order valence-electron chi connectivity index (χ4n) is 3.33. The summed E-state index contributed by atoms with van der Waals surface area (Å²) in [5, 5.41) is 0. The number of piperidine rings is 1. The average Bonchev–Trinajstić information content (AvgIpc) is 2.62. The first-order valence-electron chi connectivity index (χ1n) is 8.75. The Labute approximate surface area is 148 Å². The standard InChI is InChI=1S/C20H25N3O2/c1-15-21-19(13-20(24)22-15)17-6-4-12-23(14-17)11-3-5-16-7-9-18(25-2)10-8-16/h3,5,7-10,13,17H,4,6,11-12,14H2,1-2H3,(H,21,22,24)/b5-3+/t17-/m0/s1. The number of methoxy groups -OCH3 is 1. The van der Waals surface area contributed by atoms with Gasteiger partial charge in [-0.1, -0.05) is 24.3 Å². The highest BCUT2D eigenvalue weighted by Crippen LogP contribution is 2.24. The van der Waals surface area contributed by atoms with Gasteiger partial charge in [-0.05, 0) is 44.0 Å². The maximum atomic E-state index is 11.7. The SMILES string of the molecule is COc1ccc(/C=C/CN2CCC[C@H](c3cc(=O)[nH]c(C)n3)C2)cc1. The van der Waals surface area contributed by atoms with Crippen LogP contribution in [-0.4, -0.2) is 41.6 Å². The van der Waals surface area contributed by atoms with Crippen LogP contribution in [0.3, 0.4) is 0 Å². The smallest absolute Gasteiger partial charge is 0.251 e. The summed E-state index contributed by atoms with van der Waals surface area (Å²) in [6.07, 6.45) is 6.56. The molecule has 1 aromatic heterocycles. The van der Waals surface area contributed by atoms with Crippen molar-refractivity contribution >= 4 is 6.08 Å². The maximum Gasteiger partial charge on any atom is 0.251 e. The van der Waals surface area contributed by atoms with Crippen molar-refractivity contribution < 1.29 is 4.74 Å². The summed E-state index contributed by atoms with van der Waals surface area (Å²) in [6, 6.07) is 9.69. The summed E-state index contributed by atoms with van der Waals surface area (Å²) < 4.78 is 5.18. The number of H-pyrrole nitrogens is 1. The van der Waals surface area contributed by atoms with Crippen LogP contribution in [0.5, 0.6) is 5.75 Å². The Bertz CT molecular complexity index is 780. The molecule has 0 aliphatic carbocycles. The summed E-state index contributed by atoms with van der Waals surface area (Å²) in [4.78, 5) is 21.3. The largest absolute Gasteiger partial charge is 0.497 e. The van der Waals surface area contributed by atoms with Crippen LogP contribution in [-0.2, 0) is 0 Å². The molecule has 1 fully saturated rings. The van der Waals surface area contributed by atoms with Gasteiger partial charge in [0.2, 0.25) is 0 Å². The minimum Gasteiger partial charge on any atom is -0.497 e. The molecule has 0 saturated carbocycles. The number of rotatable bonds is 5. The summed E-state index contributed by atoms with van der Waals surface area (Å²) in [5.41, 5.74) is 2.03. The first-order chi connectivity index (χ1) is 12.1. The molecule has 1 aromatic carbocycles. The molecule has 5 nitrogen and oxygen atoms in total. The van der Waals surface area contributed by atoms with E-state index in [0.29, 0.717) is 11.7 Å². The number of benzene rings is 1. The Morgan fingerprint density at radius 3 is 2.88 bits per heavy atom. The number of aryl methyl sites for hydroxylation is 1. The van der Waals surface area contributed by atoms with Gasteiger partial charge in [0.05, 0.1) is 12.8 Å². The molecule has 2 heterocycles. The molecular weight excluding hydrogens is 314 g/mol. The van der Waals surface area contributed by atoms with Gasteiger partial charge in [0.25, 0.3) is 5.56 Å². The number of hydrogen-bond acceptors (Lipinski definition) is 4. The van der Waals surface area contributed by atoms with Crippen LogP contribution in [0, 0.1) is 6.92 Å². The lowest BCUT2D eigenvalue weighted by Gasteiger charge is -2.31. The third kappa shape index (κ3) is 4.79. The molecule has 0 spiro atoms. The normalized spacial score (nSPS) is 18.6. The zero-order valence-corrected chi connectivity index (χ0v) is 14.9. The van der Waals surface area contributed by atoms with Crippen LogP contribution >= 0.6 is 0 Å². The van der Waals surface area contributed by atoms with Crippen molar-refractivity contribution in [1.29, 1.82) is 0 Å². The molecule has 1 aliphatic heterocycles. The van der Waals surface area contributed by atoms with E-state index in [4.69, 9.17) is 4.74 Å². The van der Waals surface area contributed by atoms with Gasteiger partial charge < -0.3 is 9.72 Å². The zero-order valence-electron chi connectivity index (χ0n) is 14.9. The van der Waals surface area contributed by atoms with Crippen molar-refractivity contribution in [3.63, 3.8) is 0 Å². The Balaban J connectivity index is 1.59. The predicted octanol–water partition coefficient (Wildman–Crippen LogP) is 2.98. The van der Waals surface area contributed by atoms with E-state index in [0.717, 1.165) is 43.9 Å². The monoisotopic (exact) mass is 339 g/mol. The number of hydrogen-bond donors (Lipinski definition) is 1. The minimum atomic E-state index is -0.0565. The van der Waals surface area contributed by atoms with Crippen molar-refractivity contribution in [2.45, 2.75) is 25.7 Å². The van der Waals surface area contributed by atoms with E-state index in [1.165, 1.54) is 5.56 Å². The van der Waals surface area contributed by atoms with E-state index in [-0.39, 0.29) is 5.56 Å². The van der Waals surface area contributed by atoms with Crippen molar-refractivity contribution in [3.05, 3.63) is 63.8 Å². The molecule has 1 aliphatic rings. The third-order valence-corrected chi connectivity index (χ3v) is 4.59. The number of nitrogens with zero attached hydrogens (tertiary/aromatic N) is 2. The van der Waals surface area contributed by atoms with Gasteiger partial charge in [0.1, 0.15) is 11.6 Å². The van der Waals surface area contributed by atoms with Crippen LogP contribution in [0.15, 0.2) is 41.2 Å². The summed E-state index contributed by atoms with van der Waals surface area (Å²) in [5.74, 6) is 1.90. The Kier molecular flexibility index (Phi) is 5.66. The lowest BCUT2D eigenvalue weighted by atomic mass is 9.94. The van der Waals surface area contributed by atoms with Gasteiger partial charge in [-0.15, -0.1) is 0 Å². The van der Waals surface area contributed by atoms with Crippen molar-refractivity contribution in [1.82, 2.24) is 14.9 Å². The van der Waals surface area contributed by atoms with E-state index in [2.05, 4.69) is 39.2 Å². The van der Waals surface area contributed by atoms with Crippen LogP contribution in [0.2, 0.25) is 0 Å². The molecule has 1 atom stereocenters. The van der Waals surface area contributed by atoms with Crippen LogP contribution in [0.4, 0.5) is 0 Å². The Morgan fingerprint density at radius 2 is 2.16 bits per heavy atom. The Morgan fingerprint density at radius 1 is 1.36 bits per heavy atom. The second kappa shape index (κ2) is 8.12. The molecule has 0 unspecified atom stereocenters. The second-order valence-corrected chi connectivity index (χ2v) is 6.53. The maximum absolute atomic E-state index is 11.7. The molecule has 1 saturated heterocycles. The number of aromatic amines is 1. The first-order valence-corrected chi connectivity index (χ1v) is 8.75. The minimum absolute atomic E-state index is 0.0565. The molecule has 5 heteroatoms.